The maximum atomic E-state index is 12.7. The third kappa shape index (κ3) is 6.99. The Morgan fingerprint density at radius 3 is 2.32 bits per heavy atom. The molecule has 1 atom stereocenters. The molecule has 1 N–H and O–H groups in total. The number of esters is 1. The van der Waals surface area contributed by atoms with Crippen LogP contribution in [-0.4, -0.2) is 28.7 Å². The van der Waals surface area contributed by atoms with Gasteiger partial charge >= 0.3 is 12.1 Å². The van der Waals surface area contributed by atoms with E-state index in [0.717, 1.165) is 11.1 Å². The minimum absolute atomic E-state index is 0.0275. The summed E-state index contributed by atoms with van der Waals surface area (Å²) in [7, 11) is 0. The van der Waals surface area contributed by atoms with Crippen molar-refractivity contribution in [3.8, 4) is 11.3 Å². The number of amides is 1. The van der Waals surface area contributed by atoms with Crippen LogP contribution >= 0.6 is 0 Å². The largest absolute Gasteiger partial charge is 0.459 e. The molecule has 0 spiro atoms. The summed E-state index contributed by atoms with van der Waals surface area (Å²) in [5, 5.41) is 2.57. The first-order valence-corrected chi connectivity index (χ1v) is 10.00. The fraction of sp³-hybridized carbons (Fsp3) is 0.292. The van der Waals surface area contributed by atoms with Gasteiger partial charge < -0.3 is 19.2 Å². The van der Waals surface area contributed by atoms with Crippen molar-refractivity contribution in [2.45, 2.75) is 45.4 Å². The van der Waals surface area contributed by atoms with Gasteiger partial charge in [-0.25, -0.2) is 14.6 Å². The summed E-state index contributed by atoms with van der Waals surface area (Å²) in [5.41, 5.74) is 1.67. The lowest BCUT2D eigenvalue weighted by atomic mass is 10.2. The molecular formula is C24H26N2O5. The minimum Gasteiger partial charge on any atom is -0.459 e. The number of rotatable bonds is 7. The Balaban J connectivity index is 1.71. The number of carbonyl (C=O) groups excluding carboxylic acids is 2. The number of oxazole rings is 1. The third-order valence-electron chi connectivity index (χ3n) is 4.20. The molecule has 0 aliphatic heterocycles. The average molecular weight is 422 g/mol. The molecule has 31 heavy (non-hydrogen) atoms. The summed E-state index contributed by atoms with van der Waals surface area (Å²) in [6.07, 6.45) is 0.827. The Hall–Kier alpha value is -3.61. The summed E-state index contributed by atoms with van der Waals surface area (Å²) in [4.78, 5) is 29.4. The molecule has 3 aromatic rings. The Bertz CT molecular complexity index is 994. The number of benzene rings is 2. The van der Waals surface area contributed by atoms with Crippen LogP contribution in [0.2, 0.25) is 0 Å². The lowest BCUT2D eigenvalue weighted by Gasteiger charge is -2.22. The molecular weight excluding hydrogens is 396 g/mol. The molecule has 0 saturated heterocycles. The quantitative estimate of drug-likeness (QED) is 0.563. The van der Waals surface area contributed by atoms with E-state index in [4.69, 9.17) is 13.9 Å². The second-order valence-electron chi connectivity index (χ2n) is 7.99. The van der Waals surface area contributed by atoms with Gasteiger partial charge in [-0.15, -0.1) is 0 Å². The van der Waals surface area contributed by atoms with E-state index >= 15 is 0 Å². The van der Waals surface area contributed by atoms with Crippen LogP contribution in [-0.2, 0) is 27.3 Å². The first kappa shape index (κ1) is 22.1. The van der Waals surface area contributed by atoms with E-state index in [1.807, 2.05) is 60.7 Å². The van der Waals surface area contributed by atoms with Crippen LogP contribution in [0.1, 0.15) is 32.2 Å². The number of carbonyl (C=O) groups is 2. The molecule has 1 unspecified atom stereocenters. The topological polar surface area (TPSA) is 90.7 Å². The summed E-state index contributed by atoms with van der Waals surface area (Å²) >= 11 is 0. The SMILES string of the molecule is CC(C)(C)OC(=O)NC(Cc1nc(-c2ccccc2)co1)C(=O)OCc1ccccc1. The highest BCUT2D eigenvalue weighted by molar-refractivity contribution is 5.81. The third-order valence-corrected chi connectivity index (χ3v) is 4.20. The van der Waals surface area contributed by atoms with Crippen LogP contribution in [0.25, 0.3) is 11.3 Å². The summed E-state index contributed by atoms with van der Waals surface area (Å²) in [6.45, 7) is 5.33. The number of ether oxygens (including phenoxy) is 2. The molecule has 2 aromatic carbocycles. The van der Waals surface area contributed by atoms with Crippen LogP contribution in [0.15, 0.2) is 71.3 Å². The van der Waals surface area contributed by atoms with Crippen LogP contribution in [0.4, 0.5) is 4.79 Å². The number of nitrogens with one attached hydrogen (secondary N) is 1. The number of nitrogens with zero attached hydrogens (tertiary/aromatic N) is 1. The van der Waals surface area contributed by atoms with Gasteiger partial charge in [-0.2, -0.15) is 0 Å². The van der Waals surface area contributed by atoms with Crippen LogP contribution in [0.5, 0.6) is 0 Å². The monoisotopic (exact) mass is 422 g/mol. The molecule has 7 nitrogen and oxygen atoms in total. The zero-order valence-corrected chi connectivity index (χ0v) is 17.8. The molecule has 0 fully saturated rings. The molecule has 0 radical (unpaired) electrons. The Kier molecular flexibility index (Phi) is 7.07. The predicted octanol–water partition coefficient (Wildman–Crippen LogP) is 4.52. The van der Waals surface area contributed by atoms with Gasteiger partial charge in [-0.05, 0) is 26.3 Å². The fourth-order valence-corrected chi connectivity index (χ4v) is 2.79. The van der Waals surface area contributed by atoms with Gasteiger partial charge in [-0.1, -0.05) is 60.7 Å². The Morgan fingerprint density at radius 1 is 1.03 bits per heavy atom. The molecule has 0 aliphatic carbocycles. The molecule has 3 rings (SSSR count). The molecule has 0 saturated carbocycles. The zero-order valence-electron chi connectivity index (χ0n) is 17.8. The second kappa shape index (κ2) is 9.93. The number of aromatic nitrogens is 1. The van der Waals surface area contributed by atoms with Crippen LogP contribution < -0.4 is 5.32 Å². The molecule has 1 heterocycles. The van der Waals surface area contributed by atoms with Gasteiger partial charge in [0, 0.05) is 5.56 Å². The highest BCUT2D eigenvalue weighted by Gasteiger charge is 2.27. The molecule has 0 bridgehead atoms. The van der Waals surface area contributed by atoms with E-state index in [9.17, 15) is 9.59 Å². The van der Waals surface area contributed by atoms with E-state index in [2.05, 4.69) is 10.3 Å². The van der Waals surface area contributed by atoms with Gasteiger partial charge in [0.25, 0.3) is 0 Å². The predicted molar refractivity (Wildman–Crippen MR) is 115 cm³/mol. The smallest absolute Gasteiger partial charge is 0.408 e. The van der Waals surface area contributed by atoms with Crippen molar-refractivity contribution in [1.82, 2.24) is 10.3 Å². The normalized spacial score (nSPS) is 12.1. The first-order valence-electron chi connectivity index (χ1n) is 10.00. The maximum Gasteiger partial charge on any atom is 0.408 e. The van der Waals surface area contributed by atoms with Crippen molar-refractivity contribution in [2.75, 3.05) is 0 Å². The highest BCUT2D eigenvalue weighted by atomic mass is 16.6. The Morgan fingerprint density at radius 2 is 1.68 bits per heavy atom. The highest BCUT2D eigenvalue weighted by Crippen LogP contribution is 2.19. The fourth-order valence-electron chi connectivity index (χ4n) is 2.79. The zero-order chi connectivity index (χ0) is 22.3. The van der Waals surface area contributed by atoms with Gasteiger partial charge in [0.1, 0.15) is 30.2 Å². The molecule has 0 aliphatic rings. The van der Waals surface area contributed by atoms with Gasteiger partial charge in [0.05, 0.1) is 6.42 Å². The number of hydrogen-bond acceptors (Lipinski definition) is 6. The summed E-state index contributed by atoms with van der Waals surface area (Å²) in [6, 6.07) is 17.8. The molecule has 1 aromatic heterocycles. The van der Waals surface area contributed by atoms with E-state index in [1.165, 1.54) is 6.26 Å². The number of hydrogen-bond donors (Lipinski definition) is 1. The van der Waals surface area contributed by atoms with E-state index < -0.39 is 23.7 Å². The van der Waals surface area contributed by atoms with Gasteiger partial charge in [0.2, 0.25) is 0 Å². The molecule has 7 heteroatoms. The van der Waals surface area contributed by atoms with Crippen molar-refractivity contribution >= 4 is 12.1 Å². The van der Waals surface area contributed by atoms with Crippen LogP contribution in [0.3, 0.4) is 0 Å². The van der Waals surface area contributed by atoms with E-state index in [0.29, 0.717) is 11.6 Å². The van der Waals surface area contributed by atoms with Crippen molar-refractivity contribution in [3.05, 3.63) is 78.4 Å². The first-order chi connectivity index (χ1) is 14.8. The standard InChI is InChI=1S/C24H26N2O5/c1-24(2,3)31-23(28)26-19(22(27)30-15-17-10-6-4-7-11-17)14-21-25-20(16-29-21)18-12-8-5-9-13-18/h4-13,16,19H,14-15H2,1-3H3,(H,26,28). The van der Waals surface area contributed by atoms with Crippen molar-refractivity contribution < 1.29 is 23.5 Å². The second-order valence-corrected chi connectivity index (χ2v) is 7.99. The molecule has 1 amide bonds. The van der Waals surface area contributed by atoms with Crippen molar-refractivity contribution in [3.63, 3.8) is 0 Å². The number of alkyl carbamates (subject to hydrolysis) is 1. The van der Waals surface area contributed by atoms with Crippen molar-refractivity contribution in [1.29, 1.82) is 0 Å². The van der Waals surface area contributed by atoms with Gasteiger partial charge in [-0.3, -0.25) is 0 Å². The average Bonchev–Trinajstić information content (AvgIpc) is 3.20. The Labute approximate surface area is 181 Å². The van der Waals surface area contributed by atoms with Crippen molar-refractivity contribution in [2.24, 2.45) is 0 Å². The van der Waals surface area contributed by atoms with Gasteiger partial charge in [0.15, 0.2) is 5.89 Å². The van der Waals surface area contributed by atoms with Crippen LogP contribution in [0, 0.1) is 0 Å². The lowest BCUT2D eigenvalue weighted by molar-refractivity contribution is -0.147. The summed E-state index contributed by atoms with van der Waals surface area (Å²) in [5.74, 6) is -0.300. The lowest BCUT2D eigenvalue weighted by Crippen LogP contribution is -2.45. The molecule has 162 valence electrons. The maximum absolute atomic E-state index is 12.7. The van der Waals surface area contributed by atoms with E-state index in [-0.39, 0.29) is 13.0 Å². The van der Waals surface area contributed by atoms with E-state index in [1.54, 1.807) is 20.8 Å². The summed E-state index contributed by atoms with van der Waals surface area (Å²) < 4.78 is 16.2. The minimum atomic E-state index is -1.01.